The van der Waals surface area contributed by atoms with Crippen LogP contribution < -0.4 is 0 Å². The third-order valence-electron chi connectivity index (χ3n) is 3.69. The van der Waals surface area contributed by atoms with Crippen molar-refractivity contribution in [3.8, 4) is 0 Å². The fraction of sp³-hybridized carbons (Fsp3) is 0.353. The minimum atomic E-state index is -0.167. The normalized spacial score (nSPS) is 12.9. The molecule has 0 aliphatic rings. The molecule has 0 aliphatic heterocycles. The molecule has 120 valence electrons. The number of benzene rings is 1. The molecule has 0 saturated carbocycles. The molecule has 0 saturated heterocycles. The van der Waals surface area contributed by atoms with Crippen LogP contribution in [0, 0.1) is 0 Å². The second-order valence-electron chi connectivity index (χ2n) is 5.59. The highest BCUT2D eigenvalue weighted by Crippen LogP contribution is 2.15. The largest absolute Gasteiger partial charge is 0.374 e. The summed E-state index contributed by atoms with van der Waals surface area (Å²) in [5.41, 5.74) is 2.02. The van der Waals surface area contributed by atoms with Crippen molar-refractivity contribution in [1.82, 2.24) is 20.0 Å². The summed E-state index contributed by atoms with van der Waals surface area (Å²) in [6.07, 6.45) is -0.167. The minimum absolute atomic E-state index is 0.167. The molecule has 6 heteroatoms. The molecule has 2 aromatic heterocycles. The van der Waals surface area contributed by atoms with Gasteiger partial charge in [-0.2, -0.15) is 4.98 Å². The highest BCUT2D eigenvalue weighted by molar-refractivity contribution is 5.78. The molecule has 0 fully saturated rings. The van der Waals surface area contributed by atoms with Crippen LogP contribution in [0.2, 0.25) is 0 Å². The van der Waals surface area contributed by atoms with Crippen LogP contribution in [-0.2, 0) is 17.8 Å². The Balaban J connectivity index is 1.66. The molecule has 3 rings (SSSR count). The molecule has 0 bridgehead atoms. The molecular formula is C17H20N4O2. The van der Waals surface area contributed by atoms with Gasteiger partial charge in [0.15, 0.2) is 5.82 Å². The van der Waals surface area contributed by atoms with Gasteiger partial charge in [0.05, 0.1) is 17.8 Å². The number of hydrogen-bond acceptors (Lipinski definition) is 6. The van der Waals surface area contributed by atoms with E-state index in [1.165, 1.54) is 0 Å². The number of methoxy groups -OCH3 is 1. The van der Waals surface area contributed by atoms with Crippen molar-refractivity contribution in [1.29, 1.82) is 0 Å². The molecule has 0 spiro atoms. The van der Waals surface area contributed by atoms with Crippen LogP contribution in [0.4, 0.5) is 0 Å². The van der Waals surface area contributed by atoms with Crippen LogP contribution in [0.25, 0.3) is 10.9 Å². The minimum Gasteiger partial charge on any atom is -0.374 e. The molecule has 1 atom stereocenters. The Hall–Kier alpha value is -2.31. The van der Waals surface area contributed by atoms with Crippen molar-refractivity contribution in [3.63, 3.8) is 0 Å². The van der Waals surface area contributed by atoms with Crippen molar-refractivity contribution in [3.05, 3.63) is 53.8 Å². The summed E-state index contributed by atoms with van der Waals surface area (Å²) in [5.74, 6) is 1.15. The maximum atomic E-state index is 5.26. The molecule has 2 heterocycles. The van der Waals surface area contributed by atoms with Gasteiger partial charge in [-0.1, -0.05) is 29.4 Å². The van der Waals surface area contributed by atoms with E-state index >= 15 is 0 Å². The number of fused-ring (bicyclic) bond motifs is 1. The van der Waals surface area contributed by atoms with Crippen LogP contribution in [0.3, 0.4) is 0 Å². The van der Waals surface area contributed by atoms with E-state index < -0.39 is 0 Å². The summed E-state index contributed by atoms with van der Waals surface area (Å²) < 4.78 is 10.4. The van der Waals surface area contributed by atoms with E-state index in [0.717, 1.165) is 16.6 Å². The smallest absolute Gasteiger partial charge is 0.240 e. The van der Waals surface area contributed by atoms with E-state index in [-0.39, 0.29) is 6.10 Å². The molecule has 1 aromatic carbocycles. The quantitative estimate of drug-likeness (QED) is 0.697. The zero-order valence-electron chi connectivity index (χ0n) is 13.6. The van der Waals surface area contributed by atoms with Gasteiger partial charge >= 0.3 is 0 Å². The van der Waals surface area contributed by atoms with Crippen molar-refractivity contribution in [2.45, 2.75) is 26.1 Å². The first kappa shape index (κ1) is 15.6. The molecule has 0 N–H and O–H groups in total. The third-order valence-corrected chi connectivity index (χ3v) is 3.69. The van der Waals surface area contributed by atoms with Gasteiger partial charge in [0.2, 0.25) is 5.89 Å². The number of para-hydroxylation sites is 1. The predicted molar refractivity (Wildman–Crippen MR) is 86.6 cm³/mol. The molecule has 0 aliphatic carbocycles. The third kappa shape index (κ3) is 3.72. The van der Waals surface area contributed by atoms with Crippen LogP contribution in [0.1, 0.15) is 30.4 Å². The standard InChI is InChI=1S/C17H20N4O2/c1-12(22-3)17-19-16(23-20-17)11-21(2)10-14-9-8-13-6-4-5-7-15(13)18-14/h4-9,12H,10-11H2,1-3H3/t12-/m1/s1. The van der Waals surface area contributed by atoms with Gasteiger partial charge < -0.3 is 9.26 Å². The summed E-state index contributed by atoms with van der Waals surface area (Å²) in [6, 6.07) is 12.2. The number of rotatable bonds is 6. The Kier molecular flexibility index (Phi) is 4.64. The van der Waals surface area contributed by atoms with E-state index in [1.807, 2.05) is 38.2 Å². The first-order valence-corrected chi connectivity index (χ1v) is 7.54. The second-order valence-corrected chi connectivity index (χ2v) is 5.59. The first-order valence-electron chi connectivity index (χ1n) is 7.54. The lowest BCUT2D eigenvalue weighted by molar-refractivity contribution is 0.109. The molecule has 3 aromatic rings. The molecule has 6 nitrogen and oxygen atoms in total. The Bertz CT molecular complexity index is 787. The molecule has 23 heavy (non-hydrogen) atoms. The molecular weight excluding hydrogens is 292 g/mol. The highest BCUT2D eigenvalue weighted by Gasteiger charge is 2.14. The summed E-state index contributed by atoms with van der Waals surface area (Å²) in [7, 11) is 3.62. The fourth-order valence-electron chi connectivity index (χ4n) is 2.36. The average molecular weight is 312 g/mol. The van der Waals surface area contributed by atoms with Crippen LogP contribution in [0.15, 0.2) is 40.9 Å². The predicted octanol–water partition coefficient (Wildman–Crippen LogP) is 2.96. The SMILES string of the molecule is CO[C@H](C)c1noc(CN(C)Cc2ccc3ccccc3n2)n1. The van der Waals surface area contributed by atoms with Crippen molar-refractivity contribution in [2.24, 2.45) is 0 Å². The summed E-state index contributed by atoms with van der Waals surface area (Å²) in [4.78, 5) is 11.1. The maximum absolute atomic E-state index is 5.26. The van der Waals surface area contributed by atoms with Gasteiger partial charge in [-0.3, -0.25) is 9.88 Å². The van der Waals surface area contributed by atoms with Gasteiger partial charge in [-0.15, -0.1) is 0 Å². The van der Waals surface area contributed by atoms with Gasteiger partial charge in [-0.25, -0.2) is 0 Å². The summed E-state index contributed by atoms with van der Waals surface area (Å²) >= 11 is 0. The second kappa shape index (κ2) is 6.85. The van der Waals surface area contributed by atoms with Crippen molar-refractivity contribution in [2.75, 3.05) is 14.2 Å². The number of aromatic nitrogens is 3. The van der Waals surface area contributed by atoms with Gasteiger partial charge in [0.25, 0.3) is 0 Å². The molecule has 0 unspecified atom stereocenters. The Morgan fingerprint density at radius 2 is 1.96 bits per heavy atom. The number of nitrogens with zero attached hydrogens (tertiary/aromatic N) is 4. The van der Waals surface area contributed by atoms with Gasteiger partial charge in [-0.05, 0) is 26.1 Å². The monoisotopic (exact) mass is 312 g/mol. The van der Waals surface area contributed by atoms with Crippen LogP contribution in [0.5, 0.6) is 0 Å². The fourth-order valence-corrected chi connectivity index (χ4v) is 2.36. The van der Waals surface area contributed by atoms with Gasteiger partial charge in [0.1, 0.15) is 6.10 Å². The number of ether oxygens (including phenoxy) is 1. The topological polar surface area (TPSA) is 64.3 Å². The van der Waals surface area contributed by atoms with Crippen LogP contribution in [-0.4, -0.2) is 34.2 Å². The lowest BCUT2D eigenvalue weighted by Gasteiger charge is -2.13. The molecule has 0 amide bonds. The molecule has 0 radical (unpaired) electrons. The summed E-state index contributed by atoms with van der Waals surface area (Å²) in [6.45, 7) is 3.16. The Labute approximate surface area is 135 Å². The van der Waals surface area contributed by atoms with E-state index in [9.17, 15) is 0 Å². The van der Waals surface area contributed by atoms with Crippen LogP contribution >= 0.6 is 0 Å². The zero-order chi connectivity index (χ0) is 16.2. The zero-order valence-corrected chi connectivity index (χ0v) is 13.6. The van der Waals surface area contributed by atoms with Crippen molar-refractivity contribution < 1.29 is 9.26 Å². The Morgan fingerprint density at radius 3 is 2.78 bits per heavy atom. The summed E-state index contributed by atoms with van der Waals surface area (Å²) in [5, 5.41) is 5.08. The van der Waals surface area contributed by atoms with E-state index in [0.29, 0.717) is 24.8 Å². The number of hydrogen-bond donors (Lipinski definition) is 0. The van der Waals surface area contributed by atoms with E-state index in [2.05, 4.69) is 32.2 Å². The first-order chi connectivity index (χ1) is 11.2. The van der Waals surface area contributed by atoms with Gasteiger partial charge in [0, 0.05) is 19.0 Å². The average Bonchev–Trinajstić information content (AvgIpc) is 3.02. The Morgan fingerprint density at radius 1 is 1.13 bits per heavy atom. The lowest BCUT2D eigenvalue weighted by Crippen LogP contribution is -2.18. The highest BCUT2D eigenvalue weighted by atomic mass is 16.5. The van der Waals surface area contributed by atoms with Crippen molar-refractivity contribution >= 4 is 10.9 Å². The van der Waals surface area contributed by atoms with E-state index in [1.54, 1.807) is 7.11 Å². The lowest BCUT2D eigenvalue weighted by atomic mass is 10.2. The maximum Gasteiger partial charge on any atom is 0.240 e. The van der Waals surface area contributed by atoms with E-state index in [4.69, 9.17) is 9.26 Å². The number of pyridine rings is 1.